The van der Waals surface area contributed by atoms with Crippen LogP contribution >= 0.6 is 0 Å². The molecule has 2 aliphatic heterocycles. The summed E-state index contributed by atoms with van der Waals surface area (Å²) in [5.74, 6) is 1.46. The number of amides is 1. The smallest absolute Gasteiger partial charge is 0.237 e. The molecule has 0 aromatic heterocycles. The van der Waals surface area contributed by atoms with E-state index in [1.165, 1.54) is 0 Å². The molecule has 3 rings (SSSR count). The summed E-state index contributed by atoms with van der Waals surface area (Å²) in [4.78, 5) is 15.1. The highest BCUT2D eigenvalue weighted by atomic mass is 16.5. The summed E-state index contributed by atoms with van der Waals surface area (Å²) in [7, 11) is 3.23. The molecule has 1 aromatic carbocycles. The van der Waals surface area contributed by atoms with E-state index in [1.807, 2.05) is 18.2 Å². The van der Waals surface area contributed by atoms with Crippen LogP contribution in [0.2, 0.25) is 0 Å². The number of likely N-dealkylation sites (tertiary alicyclic amines) is 1. The van der Waals surface area contributed by atoms with Gasteiger partial charge in [0.05, 0.1) is 20.3 Å². The highest BCUT2D eigenvalue weighted by Gasteiger charge is 2.35. The molecule has 25 heavy (non-hydrogen) atoms. The van der Waals surface area contributed by atoms with Gasteiger partial charge in [-0.05, 0) is 38.3 Å². The molecule has 1 unspecified atom stereocenters. The minimum absolute atomic E-state index is 0.0281. The molecule has 2 heterocycles. The molecule has 138 valence electrons. The van der Waals surface area contributed by atoms with E-state index < -0.39 is 0 Å². The van der Waals surface area contributed by atoms with Gasteiger partial charge in [0.25, 0.3) is 0 Å². The quantitative estimate of drug-likeness (QED) is 0.852. The second-order valence-corrected chi connectivity index (χ2v) is 6.61. The Morgan fingerprint density at radius 1 is 1.24 bits per heavy atom. The zero-order chi connectivity index (χ0) is 17.6. The molecular formula is C19H28N2O4. The maximum Gasteiger partial charge on any atom is 0.237 e. The van der Waals surface area contributed by atoms with Crippen molar-refractivity contribution in [3.63, 3.8) is 0 Å². The first-order valence-corrected chi connectivity index (χ1v) is 9.05. The number of nitrogens with zero attached hydrogens (tertiary/aromatic N) is 1. The van der Waals surface area contributed by atoms with Gasteiger partial charge >= 0.3 is 0 Å². The lowest BCUT2D eigenvalue weighted by molar-refractivity contribution is -0.127. The zero-order valence-corrected chi connectivity index (χ0v) is 15.1. The van der Waals surface area contributed by atoms with Crippen molar-refractivity contribution in [2.75, 3.05) is 34.0 Å². The minimum Gasteiger partial charge on any atom is -0.493 e. The van der Waals surface area contributed by atoms with Gasteiger partial charge in [-0.3, -0.25) is 9.69 Å². The van der Waals surface area contributed by atoms with E-state index >= 15 is 0 Å². The van der Waals surface area contributed by atoms with Gasteiger partial charge in [0, 0.05) is 31.4 Å². The Morgan fingerprint density at radius 3 is 2.76 bits per heavy atom. The summed E-state index contributed by atoms with van der Waals surface area (Å²) >= 11 is 0. The number of carbonyl (C=O) groups excluding carboxylic acids is 1. The second-order valence-electron chi connectivity index (χ2n) is 6.61. The largest absolute Gasteiger partial charge is 0.493 e. The molecule has 1 N–H and O–H groups in total. The van der Waals surface area contributed by atoms with Gasteiger partial charge in [-0.2, -0.15) is 0 Å². The summed E-state index contributed by atoms with van der Waals surface area (Å²) in [6, 6.07) is 6.16. The van der Waals surface area contributed by atoms with Crippen molar-refractivity contribution < 1.29 is 19.0 Å². The molecule has 2 fully saturated rings. The molecule has 0 bridgehead atoms. The van der Waals surface area contributed by atoms with Crippen molar-refractivity contribution in [3.05, 3.63) is 23.8 Å². The Labute approximate surface area is 149 Å². The van der Waals surface area contributed by atoms with E-state index in [1.54, 1.807) is 14.2 Å². The molecule has 1 aromatic rings. The standard InChI is InChI=1S/C19H28N2O4/c1-23-17-7-3-5-14(18(17)24-2)13-20-19(22)16-6-4-10-21(16)15-8-11-25-12-9-15/h3,5,7,15-16H,4,6,8-13H2,1-2H3,(H,20,22). The summed E-state index contributed by atoms with van der Waals surface area (Å²) in [5, 5.41) is 3.09. The molecule has 6 nitrogen and oxygen atoms in total. The number of para-hydroxylation sites is 1. The Balaban J connectivity index is 1.62. The van der Waals surface area contributed by atoms with E-state index in [4.69, 9.17) is 14.2 Å². The summed E-state index contributed by atoms with van der Waals surface area (Å²) in [5.41, 5.74) is 0.922. The number of carbonyl (C=O) groups is 1. The third kappa shape index (κ3) is 4.07. The number of hydrogen-bond acceptors (Lipinski definition) is 5. The topological polar surface area (TPSA) is 60.0 Å². The van der Waals surface area contributed by atoms with Crippen molar-refractivity contribution in [2.24, 2.45) is 0 Å². The predicted molar refractivity (Wildman–Crippen MR) is 95.0 cm³/mol. The van der Waals surface area contributed by atoms with Crippen molar-refractivity contribution in [3.8, 4) is 11.5 Å². The average molecular weight is 348 g/mol. The first-order chi connectivity index (χ1) is 12.2. The number of ether oxygens (including phenoxy) is 3. The Bertz CT molecular complexity index is 587. The van der Waals surface area contributed by atoms with Gasteiger partial charge in [-0.1, -0.05) is 12.1 Å². The van der Waals surface area contributed by atoms with Gasteiger partial charge < -0.3 is 19.5 Å². The molecule has 0 spiro atoms. The van der Waals surface area contributed by atoms with E-state index in [2.05, 4.69) is 10.2 Å². The van der Waals surface area contributed by atoms with E-state index in [9.17, 15) is 4.79 Å². The fraction of sp³-hybridized carbons (Fsp3) is 0.632. The zero-order valence-electron chi connectivity index (χ0n) is 15.1. The van der Waals surface area contributed by atoms with Crippen LogP contribution in [0, 0.1) is 0 Å². The highest BCUT2D eigenvalue weighted by molar-refractivity contribution is 5.82. The fourth-order valence-electron chi connectivity index (χ4n) is 3.92. The average Bonchev–Trinajstić information content (AvgIpc) is 3.16. The van der Waals surface area contributed by atoms with E-state index in [0.717, 1.165) is 51.0 Å². The Kier molecular flexibility index (Phi) is 6.15. The van der Waals surface area contributed by atoms with Crippen LogP contribution in [0.15, 0.2) is 18.2 Å². The first-order valence-electron chi connectivity index (χ1n) is 9.05. The van der Waals surface area contributed by atoms with Crippen LogP contribution in [0.25, 0.3) is 0 Å². The number of methoxy groups -OCH3 is 2. The molecule has 0 aliphatic carbocycles. The predicted octanol–water partition coefficient (Wildman–Crippen LogP) is 1.96. The summed E-state index contributed by atoms with van der Waals surface area (Å²) in [6.45, 7) is 3.05. The maximum absolute atomic E-state index is 12.8. The maximum atomic E-state index is 12.8. The molecule has 6 heteroatoms. The Hall–Kier alpha value is -1.79. The van der Waals surface area contributed by atoms with Crippen LogP contribution in [0.1, 0.15) is 31.2 Å². The molecule has 1 amide bonds. The monoisotopic (exact) mass is 348 g/mol. The fourth-order valence-corrected chi connectivity index (χ4v) is 3.92. The summed E-state index contributed by atoms with van der Waals surface area (Å²) < 4.78 is 16.2. The number of nitrogens with one attached hydrogen (secondary N) is 1. The van der Waals surface area contributed by atoms with Crippen molar-refractivity contribution in [2.45, 2.75) is 44.3 Å². The van der Waals surface area contributed by atoms with Crippen LogP contribution < -0.4 is 14.8 Å². The second kappa shape index (κ2) is 8.54. The molecule has 0 radical (unpaired) electrons. The van der Waals surface area contributed by atoms with Gasteiger partial charge in [0.2, 0.25) is 5.91 Å². The van der Waals surface area contributed by atoms with Gasteiger partial charge in [0.1, 0.15) is 0 Å². The lowest BCUT2D eigenvalue weighted by atomic mass is 10.1. The van der Waals surface area contributed by atoms with Crippen LogP contribution in [-0.2, 0) is 16.1 Å². The van der Waals surface area contributed by atoms with Crippen LogP contribution in [0.3, 0.4) is 0 Å². The Morgan fingerprint density at radius 2 is 2.04 bits per heavy atom. The van der Waals surface area contributed by atoms with Gasteiger partial charge in [0.15, 0.2) is 11.5 Å². The van der Waals surface area contributed by atoms with E-state index in [-0.39, 0.29) is 11.9 Å². The SMILES string of the molecule is COc1cccc(CNC(=O)C2CCCN2C2CCOCC2)c1OC. The van der Waals surface area contributed by atoms with Crippen molar-refractivity contribution in [1.29, 1.82) is 0 Å². The third-order valence-electron chi connectivity index (χ3n) is 5.19. The highest BCUT2D eigenvalue weighted by Crippen LogP contribution is 2.31. The normalized spacial score (nSPS) is 21.9. The minimum atomic E-state index is -0.0281. The van der Waals surface area contributed by atoms with Crippen molar-refractivity contribution >= 4 is 5.91 Å². The van der Waals surface area contributed by atoms with Gasteiger partial charge in [-0.15, -0.1) is 0 Å². The molecule has 0 saturated carbocycles. The molecule has 2 aliphatic rings. The molecule has 1 atom stereocenters. The first kappa shape index (κ1) is 18.0. The van der Waals surface area contributed by atoms with Gasteiger partial charge in [-0.25, -0.2) is 0 Å². The molecular weight excluding hydrogens is 320 g/mol. The van der Waals surface area contributed by atoms with E-state index in [0.29, 0.717) is 24.1 Å². The number of hydrogen-bond donors (Lipinski definition) is 1. The van der Waals surface area contributed by atoms with Crippen LogP contribution in [-0.4, -0.2) is 56.9 Å². The third-order valence-corrected chi connectivity index (χ3v) is 5.19. The number of benzene rings is 1. The van der Waals surface area contributed by atoms with Crippen molar-refractivity contribution in [1.82, 2.24) is 10.2 Å². The lowest BCUT2D eigenvalue weighted by Crippen LogP contribution is -2.49. The van der Waals surface area contributed by atoms with Crippen LogP contribution in [0.4, 0.5) is 0 Å². The van der Waals surface area contributed by atoms with Crippen LogP contribution in [0.5, 0.6) is 11.5 Å². The summed E-state index contributed by atoms with van der Waals surface area (Å²) in [6.07, 6.45) is 4.05. The lowest BCUT2D eigenvalue weighted by Gasteiger charge is -2.34. The number of rotatable bonds is 6. The molecule has 2 saturated heterocycles.